The largest absolute Gasteiger partial charge is 0.471 e. The van der Waals surface area contributed by atoms with Crippen LogP contribution in [0, 0.1) is 0 Å². The van der Waals surface area contributed by atoms with Gasteiger partial charge in [0.15, 0.2) is 5.75 Å². The highest BCUT2D eigenvalue weighted by Crippen LogP contribution is 2.29. The first-order chi connectivity index (χ1) is 12.3. The molecule has 0 aliphatic heterocycles. The topological polar surface area (TPSA) is 81.4 Å². The maximum Gasteiger partial charge on any atom is 0.471 e. The highest BCUT2D eigenvalue weighted by molar-refractivity contribution is 5.70. The Kier molecular flexibility index (Phi) is 5.10. The first-order valence-electron chi connectivity index (χ1n) is 8.16. The number of nitrogens with zero attached hydrogens (tertiary/aromatic N) is 4. The van der Waals surface area contributed by atoms with E-state index < -0.39 is 18.2 Å². The normalized spacial score (nSPS) is 15.7. The molecule has 1 aliphatic rings. The molecule has 0 spiro atoms. The van der Waals surface area contributed by atoms with Crippen molar-refractivity contribution in [3.8, 4) is 17.3 Å². The number of pyridine rings is 1. The SMILES string of the molecule is CN(C(=O)Oc1ccc(-c2noc(C(F)(F)F)n2)nc1)C1CCCCC1. The second-order valence-electron chi connectivity index (χ2n) is 6.07. The Morgan fingerprint density at radius 1 is 1.27 bits per heavy atom. The van der Waals surface area contributed by atoms with Crippen LogP contribution in [0.5, 0.6) is 5.75 Å². The lowest BCUT2D eigenvalue weighted by Gasteiger charge is -2.30. The van der Waals surface area contributed by atoms with Crippen molar-refractivity contribution in [3.05, 3.63) is 24.2 Å². The number of rotatable bonds is 3. The van der Waals surface area contributed by atoms with Crippen LogP contribution >= 0.6 is 0 Å². The summed E-state index contributed by atoms with van der Waals surface area (Å²) in [4.78, 5) is 20.9. The standard InChI is InChI=1S/C16H17F3N4O3/c1-23(10-5-3-2-4-6-10)15(24)25-11-7-8-12(20-9-11)13-21-14(26-22-13)16(17,18)19/h7-10H,2-6H2,1H3. The number of carbonyl (C=O) groups excluding carboxylic acids is 1. The number of carbonyl (C=O) groups is 1. The quantitative estimate of drug-likeness (QED) is 0.815. The van der Waals surface area contributed by atoms with Gasteiger partial charge < -0.3 is 14.2 Å². The molecule has 0 unspecified atom stereocenters. The third kappa shape index (κ3) is 4.12. The molecule has 26 heavy (non-hydrogen) atoms. The molecule has 1 amide bonds. The first kappa shape index (κ1) is 18.2. The molecule has 0 aromatic carbocycles. The molecular formula is C16H17F3N4O3. The lowest BCUT2D eigenvalue weighted by atomic mass is 9.95. The zero-order valence-electron chi connectivity index (χ0n) is 14.0. The summed E-state index contributed by atoms with van der Waals surface area (Å²) in [5, 5.41) is 3.25. The zero-order valence-corrected chi connectivity index (χ0v) is 14.0. The molecule has 7 nitrogen and oxygen atoms in total. The number of ether oxygens (including phenoxy) is 1. The van der Waals surface area contributed by atoms with Gasteiger partial charge in [0, 0.05) is 13.1 Å². The summed E-state index contributed by atoms with van der Waals surface area (Å²) in [5.74, 6) is -1.56. The van der Waals surface area contributed by atoms with Crippen LogP contribution in [0.25, 0.3) is 11.5 Å². The smallest absolute Gasteiger partial charge is 0.409 e. The number of aromatic nitrogens is 3. The molecule has 1 aliphatic carbocycles. The van der Waals surface area contributed by atoms with Gasteiger partial charge in [0.1, 0.15) is 5.69 Å². The van der Waals surface area contributed by atoms with Crippen LogP contribution in [-0.4, -0.2) is 39.2 Å². The van der Waals surface area contributed by atoms with Gasteiger partial charge in [0.25, 0.3) is 0 Å². The van der Waals surface area contributed by atoms with E-state index in [-0.39, 0.29) is 23.3 Å². The summed E-state index contributed by atoms with van der Waals surface area (Å²) >= 11 is 0. The van der Waals surface area contributed by atoms with Gasteiger partial charge in [-0.05, 0) is 25.0 Å². The third-order valence-corrected chi connectivity index (χ3v) is 4.25. The molecule has 10 heteroatoms. The highest BCUT2D eigenvalue weighted by atomic mass is 19.4. The van der Waals surface area contributed by atoms with Crippen LogP contribution in [0.15, 0.2) is 22.9 Å². The van der Waals surface area contributed by atoms with Gasteiger partial charge in [-0.2, -0.15) is 18.2 Å². The summed E-state index contributed by atoms with van der Waals surface area (Å²) in [6.07, 6.45) is 1.26. The molecular weight excluding hydrogens is 353 g/mol. The van der Waals surface area contributed by atoms with Crippen molar-refractivity contribution in [1.82, 2.24) is 20.0 Å². The Bertz CT molecular complexity index is 755. The summed E-state index contributed by atoms with van der Waals surface area (Å²) in [5.41, 5.74) is 0.0738. The van der Waals surface area contributed by atoms with Crippen LogP contribution in [0.2, 0.25) is 0 Å². The van der Waals surface area contributed by atoms with Crippen LogP contribution in [0.1, 0.15) is 38.0 Å². The van der Waals surface area contributed by atoms with E-state index in [0.717, 1.165) is 25.7 Å². The Hall–Kier alpha value is -2.65. The highest BCUT2D eigenvalue weighted by Gasteiger charge is 2.38. The average molecular weight is 370 g/mol. The fourth-order valence-electron chi connectivity index (χ4n) is 2.81. The van der Waals surface area contributed by atoms with Gasteiger partial charge in [-0.25, -0.2) is 9.78 Å². The molecule has 2 aromatic rings. The molecule has 1 fully saturated rings. The van der Waals surface area contributed by atoms with Gasteiger partial charge in [-0.1, -0.05) is 24.4 Å². The van der Waals surface area contributed by atoms with E-state index >= 15 is 0 Å². The Balaban J connectivity index is 1.64. The lowest BCUT2D eigenvalue weighted by molar-refractivity contribution is -0.159. The molecule has 0 saturated heterocycles. The fraction of sp³-hybridized carbons (Fsp3) is 0.500. The van der Waals surface area contributed by atoms with E-state index in [2.05, 4.69) is 19.6 Å². The van der Waals surface area contributed by atoms with Crippen molar-refractivity contribution >= 4 is 6.09 Å². The number of hydrogen-bond acceptors (Lipinski definition) is 6. The van der Waals surface area contributed by atoms with E-state index in [9.17, 15) is 18.0 Å². The zero-order chi connectivity index (χ0) is 18.7. The first-order valence-corrected chi connectivity index (χ1v) is 8.16. The van der Waals surface area contributed by atoms with Crippen molar-refractivity contribution < 1.29 is 27.2 Å². The van der Waals surface area contributed by atoms with E-state index in [1.807, 2.05) is 0 Å². The van der Waals surface area contributed by atoms with Gasteiger partial charge >= 0.3 is 18.2 Å². The monoisotopic (exact) mass is 370 g/mol. The second kappa shape index (κ2) is 7.30. The molecule has 2 aromatic heterocycles. The van der Waals surface area contributed by atoms with Crippen LogP contribution < -0.4 is 4.74 Å². The van der Waals surface area contributed by atoms with E-state index in [1.165, 1.54) is 24.8 Å². The van der Waals surface area contributed by atoms with Crippen molar-refractivity contribution in [3.63, 3.8) is 0 Å². The van der Waals surface area contributed by atoms with Crippen LogP contribution in [0.4, 0.5) is 18.0 Å². The maximum absolute atomic E-state index is 12.5. The third-order valence-electron chi connectivity index (χ3n) is 4.25. The number of alkyl halides is 3. The molecule has 140 valence electrons. The number of halogens is 3. The molecule has 1 saturated carbocycles. The summed E-state index contributed by atoms with van der Waals surface area (Å²) in [6.45, 7) is 0. The Morgan fingerprint density at radius 2 is 2.00 bits per heavy atom. The molecule has 0 bridgehead atoms. The van der Waals surface area contributed by atoms with E-state index in [1.54, 1.807) is 11.9 Å². The molecule has 0 N–H and O–H groups in total. The minimum atomic E-state index is -4.72. The number of amides is 1. The summed E-state index contributed by atoms with van der Waals surface area (Å²) in [6, 6.07) is 2.93. The minimum Gasteiger partial charge on any atom is -0.409 e. The van der Waals surface area contributed by atoms with E-state index in [4.69, 9.17) is 4.74 Å². The lowest BCUT2D eigenvalue weighted by Crippen LogP contribution is -2.39. The van der Waals surface area contributed by atoms with Gasteiger partial charge in [0.2, 0.25) is 5.82 Å². The average Bonchev–Trinajstić information content (AvgIpc) is 3.13. The van der Waals surface area contributed by atoms with Crippen molar-refractivity contribution in [2.75, 3.05) is 7.05 Å². The molecule has 0 atom stereocenters. The van der Waals surface area contributed by atoms with E-state index in [0.29, 0.717) is 0 Å². The predicted octanol–water partition coefficient (Wildman–Crippen LogP) is 3.91. The van der Waals surface area contributed by atoms with Crippen LogP contribution in [0.3, 0.4) is 0 Å². The second-order valence-corrected chi connectivity index (χ2v) is 6.07. The van der Waals surface area contributed by atoms with Crippen molar-refractivity contribution in [2.24, 2.45) is 0 Å². The van der Waals surface area contributed by atoms with Crippen molar-refractivity contribution in [1.29, 1.82) is 0 Å². The molecule has 3 rings (SSSR count). The molecule has 2 heterocycles. The summed E-state index contributed by atoms with van der Waals surface area (Å²) in [7, 11) is 1.69. The Labute approximate surface area is 147 Å². The summed E-state index contributed by atoms with van der Waals surface area (Å²) < 4.78 is 46.8. The minimum absolute atomic E-state index is 0.0738. The van der Waals surface area contributed by atoms with Crippen molar-refractivity contribution in [2.45, 2.75) is 44.3 Å². The van der Waals surface area contributed by atoms with Gasteiger partial charge in [0.05, 0.1) is 6.20 Å². The maximum atomic E-state index is 12.5. The Morgan fingerprint density at radius 3 is 2.58 bits per heavy atom. The van der Waals surface area contributed by atoms with Gasteiger partial charge in [-0.3, -0.25) is 0 Å². The number of hydrogen-bond donors (Lipinski definition) is 0. The molecule has 0 radical (unpaired) electrons. The predicted molar refractivity (Wildman–Crippen MR) is 83.2 cm³/mol. The van der Waals surface area contributed by atoms with Crippen LogP contribution in [-0.2, 0) is 6.18 Å². The fourth-order valence-corrected chi connectivity index (χ4v) is 2.81. The van der Waals surface area contributed by atoms with Gasteiger partial charge in [-0.15, -0.1) is 0 Å².